The number of nitrogens with zero attached hydrogens (tertiary/aromatic N) is 1. The van der Waals surface area contributed by atoms with Crippen LogP contribution in [-0.2, 0) is 0 Å². The van der Waals surface area contributed by atoms with Gasteiger partial charge in [-0.1, -0.05) is 30.3 Å². The van der Waals surface area contributed by atoms with Gasteiger partial charge in [-0.2, -0.15) is 4.57 Å². The van der Waals surface area contributed by atoms with Crippen molar-refractivity contribution in [1.82, 2.24) is 0 Å². The summed E-state index contributed by atoms with van der Waals surface area (Å²) in [6, 6.07) is 34.8. The Morgan fingerprint density at radius 2 is 1.09 bits per heavy atom. The molecular formula is C31H26NO2+. The summed E-state index contributed by atoms with van der Waals surface area (Å²) in [5.74, 6) is 1.74. The summed E-state index contributed by atoms with van der Waals surface area (Å²) in [6.07, 6.45) is 0. The average molecular weight is 445 g/mol. The molecule has 0 aliphatic carbocycles. The van der Waals surface area contributed by atoms with E-state index in [4.69, 9.17) is 9.47 Å². The Bertz CT molecular complexity index is 1590. The number of pyridine rings is 1. The third-order valence-corrected chi connectivity index (χ3v) is 6.97. The minimum atomic E-state index is 0.166. The lowest BCUT2D eigenvalue weighted by molar-refractivity contribution is -0.659. The Labute approximate surface area is 198 Å². The molecule has 3 nitrogen and oxygen atoms in total. The Balaban J connectivity index is 1.77. The largest absolute Gasteiger partial charge is 0.497 e. The highest BCUT2D eigenvalue weighted by molar-refractivity contribution is 6.13. The van der Waals surface area contributed by atoms with E-state index in [0.717, 1.165) is 11.5 Å². The second-order valence-electron chi connectivity index (χ2n) is 8.77. The molecule has 1 aromatic heterocycles. The monoisotopic (exact) mass is 444 g/mol. The van der Waals surface area contributed by atoms with Crippen molar-refractivity contribution in [1.29, 1.82) is 0 Å². The summed E-state index contributed by atoms with van der Waals surface area (Å²) in [5, 5.41) is 7.26. The van der Waals surface area contributed by atoms with Crippen molar-refractivity contribution < 1.29 is 14.0 Å². The molecule has 0 unspecified atom stereocenters. The first-order valence-corrected chi connectivity index (χ1v) is 11.6. The molecule has 34 heavy (non-hydrogen) atoms. The SMILES string of the molecule is COc1ccc2c(ccc3c2cc2c4ccc(OC)cc4ccc2[n+]3[C@H](C)c2ccccc2)c1. The van der Waals surface area contributed by atoms with Crippen LogP contribution < -0.4 is 14.0 Å². The van der Waals surface area contributed by atoms with Gasteiger partial charge in [0.1, 0.15) is 11.5 Å². The lowest BCUT2D eigenvalue weighted by Gasteiger charge is -2.15. The molecule has 6 rings (SSSR count). The normalized spacial score (nSPS) is 12.4. The molecule has 0 spiro atoms. The van der Waals surface area contributed by atoms with Gasteiger partial charge >= 0.3 is 0 Å². The van der Waals surface area contributed by atoms with E-state index >= 15 is 0 Å². The second-order valence-corrected chi connectivity index (χ2v) is 8.77. The predicted molar refractivity (Wildman–Crippen MR) is 140 cm³/mol. The van der Waals surface area contributed by atoms with Crippen molar-refractivity contribution in [2.75, 3.05) is 14.2 Å². The van der Waals surface area contributed by atoms with Crippen molar-refractivity contribution >= 4 is 43.4 Å². The van der Waals surface area contributed by atoms with Gasteiger partial charge < -0.3 is 9.47 Å². The number of hydrogen-bond donors (Lipinski definition) is 0. The Hall–Kier alpha value is -4.11. The average Bonchev–Trinajstić information content (AvgIpc) is 2.90. The number of benzene rings is 5. The third kappa shape index (κ3) is 3.16. The molecule has 0 fully saturated rings. The second kappa shape index (κ2) is 8.03. The van der Waals surface area contributed by atoms with Crippen LogP contribution >= 0.6 is 0 Å². The van der Waals surface area contributed by atoms with E-state index < -0.39 is 0 Å². The molecule has 0 bridgehead atoms. The molecule has 0 aliphatic rings. The quantitative estimate of drug-likeness (QED) is 0.163. The summed E-state index contributed by atoms with van der Waals surface area (Å²) < 4.78 is 13.5. The van der Waals surface area contributed by atoms with Crippen molar-refractivity contribution in [2.24, 2.45) is 0 Å². The molecule has 0 N–H and O–H groups in total. The van der Waals surface area contributed by atoms with Gasteiger partial charge in [0.05, 0.1) is 25.0 Å². The molecule has 6 aromatic rings. The fourth-order valence-electron chi connectivity index (χ4n) is 5.19. The van der Waals surface area contributed by atoms with Gasteiger partial charge in [0.15, 0.2) is 6.04 Å². The van der Waals surface area contributed by atoms with Crippen molar-refractivity contribution in [3.8, 4) is 11.5 Å². The van der Waals surface area contributed by atoms with Crippen molar-refractivity contribution in [3.05, 3.63) is 103 Å². The van der Waals surface area contributed by atoms with Gasteiger partial charge in [0, 0.05) is 24.6 Å². The molecule has 166 valence electrons. The smallest absolute Gasteiger partial charge is 0.214 e. The zero-order valence-electron chi connectivity index (χ0n) is 19.6. The van der Waals surface area contributed by atoms with E-state index in [1.807, 2.05) is 12.1 Å². The number of fused-ring (bicyclic) bond motifs is 6. The van der Waals surface area contributed by atoms with Crippen LogP contribution in [0.15, 0.2) is 97.1 Å². The Morgan fingerprint density at radius 3 is 1.59 bits per heavy atom. The van der Waals surface area contributed by atoms with Crippen LogP contribution in [0.2, 0.25) is 0 Å². The van der Waals surface area contributed by atoms with E-state index in [-0.39, 0.29) is 6.04 Å². The first kappa shape index (κ1) is 20.5. The molecule has 3 heteroatoms. The molecule has 1 atom stereocenters. The molecule has 0 saturated heterocycles. The van der Waals surface area contributed by atoms with Crippen molar-refractivity contribution in [3.63, 3.8) is 0 Å². The molecule has 0 amide bonds. The fourth-order valence-corrected chi connectivity index (χ4v) is 5.19. The van der Waals surface area contributed by atoms with Crippen LogP contribution in [0, 0.1) is 0 Å². The van der Waals surface area contributed by atoms with Crippen LogP contribution in [-0.4, -0.2) is 14.2 Å². The first-order chi connectivity index (χ1) is 16.7. The number of ether oxygens (including phenoxy) is 2. The number of methoxy groups -OCH3 is 2. The van der Waals surface area contributed by atoms with Gasteiger partial charge in [-0.15, -0.1) is 0 Å². The highest BCUT2D eigenvalue weighted by atomic mass is 16.5. The summed E-state index contributed by atoms with van der Waals surface area (Å²) in [6.45, 7) is 2.28. The molecule has 0 saturated carbocycles. The molecule has 5 aromatic carbocycles. The van der Waals surface area contributed by atoms with Crippen LogP contribution in [0.4, 0.5) is 0 Å². The van der Waals surface area contributed by atoms with Crippen LogP contribution in [0.3, 0.4) is 0 Å². The summed E-state index contributed by atoms with van der Waals surface area (Å²) in [5.41, 5.74) is 3.72. The van der Waals surface area contributed by atoms with Gasteiger partial charge in [-0.25, -0.2) is 0 Å². The molecule has 0 radical (unpaired) electrons. The van der Waals surface area contributed by atoms with E-state index in [1.54, 1.807) is 14.2 Å². The minimum absolute atomic E-state index is 0.166. The Morgan fingerprint density at radius 1 is 0.559 bits per heavy atom. The zero-order valence-corrected chi connectivity index (χ0v) is 19.6. The van der Waals surface area contributed by atoms with Gasteiger partial charge in [0.25, 0.3) is 0 Å². The Kier molecular flexibility index (Phi) is 4.84. The lowest BCUT2D eigenvalue weighted by atomic mass is 9.97. The predicted octanol–water partition coefficient (Wildman–Crippen LogP) is 7.21. The minimum Gasteiger partial charge on any atom is -0.497 e. The molecule has 0 aliphatic heterocycles. The topological polar surface area (TPSA) is 22.3 Å². The maximum atomic E-state index is 5.49. The summed E-state index contributed by atoms with van der Waals surface area (Å²) >= 11 is 0. The van der Waals surface area contributed by atoms with E-state index in [2.05, 4.69) is 96.4 Å². The molecule has 1 heterocycles. The third-order valence-electron chi connectivity index (χ3n) is 6.97. The summed E-state index contributed by atoms with van der Waals surface area (Å²) in [7, 11) is 3.43. The molecular weight excluding hydrogens is 418 g/mol. The highest BCUT2D eigenvalue weighted by Crippen LogP contribution is 2.34. The van der Waals surface area contributed by atoms with E-state index in [0.29, 0.717) is 0 Å². The van der Waals surface area contributed by atoms with Crippen LogP contribution in [0.1, 0.15) is 18.5 Å². The van der Waals surface area contributed by atoms with Crippen LogP contribution in [0.5, 0.6) is 11.5 Å². The number of rotatable bonds is 4. The zero-order chi connectivity index (χ0) is 23.2. The lowest BCUT2D eigenvalue weighted by Crippen LogP contribution is -2.40. The van der Waals surface area contributed by atoms with Gasteiger partial charge in [0.2, 0.25) is 11.0 Å². The first-order valence-electron chi connectivity index (χ1n) is 11.6. The summed E-state index contributed by atoms with van der Waals surface area (Å²) in [4.78, 5) is 0. The van der Waals surface area contributed by atoms with Gasteiger partial charge in [-0.3, -0.25) is 0 Å². The number of hydrogen-bond acceptors (Lipinski definition) is 2. The van der Waals surface area contributed by atoms with E-state index in [1.165, 1.54) is 48.9 Å². The van der Waals surface area contributed by atoms with Crippen molar-refractivity contribution in [2.45, 2.75) is 13.0 Å². The maximum absolute atomic E-state index is 5.49. The fraction of sp³-hybridized carbons (Fsp3) is 0.129. The highest BCUT2D eigenvalue weighted by Gasteiger charge is 2.25. The van der Waals surface area contributed by atoms with Gasteiger partial charge in [-0.05, 0) is 76.1 Å². The van der Waals surface area contributed by atoms with Crippen LogP contribution in [0.25, 0.3) is 43.4 Å². The van der Waals surface area contributed by atoms with E-state index in [9.17, 15) is 0 Å². The maximum Gasteiger partial charge on any atom is 0.214 e. The standard InChI is InChI=1S/C31H26NO2/c1-20(21-7-5-4-6-8-21)32-30-15-9-22-17-24(33-2)11-13-26(22)28(30)19-29-27-14-12-25(34-3)18-23(27)10-16-31(29)32/h4-20H,1-3H3/q+1/t20-/m1/s1. The number of aromatic nitrogens is 1.